The number of nitrogens with zero attached hydrogens (tertiary/aromatic N) is 2. The number of nitrogens with two attached hydrogens (primary N) is 1. The normalized spacial score (nSPS) is 10.2. The highest BCUT2D eigenvalue weighted by Crippen LogP contribution is 2.12. The van der Waals surface area contributed by atoms with Gasteiger partial charge in [0, 0.05) is 24.5 Å². The van der Waals surface area contributed by atoms with Gasteiger partial charge in [-0.1, -0.05) is 12.1 Å². The summed E-state index contributed by atoms with van der Waals surface area (Å²) in [7, 11) is 1.81. The molecule has 0 atom stereocenters. The average molecular weight is 231 g/mol. The third kappa shape index (κ3) is 2.63. The number of rotatable bonds is 3. The summed E-state index contributed by atoms with van der Waals surface area (Å²) in [5.74, 6) is -0.424. The Morgan fingerprint density at radius 3 is 2.88 bits per heavy atom. The lowest BCUT2D eigenvalue weighted by molar-refractivity contribution is 0.0474. The van der Waals surface area contributed by atoms with Crippen molar-refractivity contribution in [1.82, 2.24) is 9.78 Å². The highest BCUT2D eigenvalue weighted by Gasteiger charge is 2.10. The third-order valence-electron chi connectivity index (χ3n) is 2.31. The maximum atomic E-state index is 11.7. The van der Waals surface area contributed by atoms with E-state index in [1.807, 2.05) is 0 Å². The summed E-state index contributed by atoms with van der Waals surface area (Å²) in [6.45, 7) is 0.195. The molecule has 17 heavy (non-hydrogen) atoms. The van der Waals surface area contributed by atoms with Gasteiger partial charge in [-0.25, -0.2) is 4.79 Å². The predicted octanol–water partition coefficient (Wildman–Crippen LogP) is 1.36. The SMILES string of the molecule is Cn1cc(COC(=O)c2ccccc2N)cn1. The van der Waals surface area contributed by atoms with Crippen LogP contribution in [0.5, 0.6) is 0 Å². The molecule has 88 valence electrons. The Morgan fingerprint density at radius 1 is 1.47 bits per heavy atom. The summed E-state index contributed by atoms with van der Waals surface area (Å²) in [5, 5.41) is 3.99. The Kier molecular flexibility index (Phi) is 3.09. The van der Waals surface area contributed by atoms with Crippen LogP contribution < -0.4 is 5.73 Å². The molecule has 2 aromatic rings. The molecule has 5 heteroatoms. The lowest BCUT2D eigenvalue weighted by Gasteiger charge is -2.05. The minimum atomic E-state index is -0.424. The molecule has 1 aromatic carbocycles. The van der Waals surface area contributed by atoms with E-state index < -0.39 is 5.97 Å². The van der Waals surface area contributed by atoms with Gasteiger partial charge in [0.15, 0.2) is 0 Å². The van der Waals surface area contributed by atoms with Crippen LogP contribution in [0.25, 0.3) is 0 Å². The molecule has 5 nitrogen and oxygen atoms in total. The Bertz CT molecular complexity index is 534. The van der Waals surface area contributed by atoms with Crippen molar-refractivity contribution in [3.63, 3.8) is 0 Å². The maximum absolute atomic E-state index is 11.7. The Labute approximate surface area is 98.8 Å². The summed E-state index contributed by atoms with van der Waals surface area (Å²) in [4.78, 5) is 11.7. The monoisotopic (exact) mass is 231 g/mol. The second-order valence-electron chi connectivity index (χ2n) is 3.69. The number of carbonyl (C=O) groups excluding carboxylic acids is 1. The summed E-state index contributed by atoms with van der Waals surface area (Å²) in [5.41, 5.74) is 7.33. The van der Waals surface area contributed by atoms with Gasteiger partial charge >= 0.3 is 5.97 Å². The quantitative estimate of drug-likeness (QED) is 0.639. The Balaban J connectivity index is 2.01. The van der Waals surface area contributed by atoms with Crippen molar-refractivity contribution in [3.8, 4) is 0 Å². The molecule has 1 heterocycles. The van der Waals surface area contributed by atoms with Crippen LogP contribution in [0.15, 0.2) is 36.7 Å². The molecule has 1 aromatic heterocycles. The number of carbonyl (C=O) groups is 1. The molecule has 0 fully saturated rings. The largest absolute Gasteiger partial charge is 0.457 e. The van der Waals surface area contributed by atoms with E-state index in [1.54, 1.807) is 48.4 Å². The molecular formula is C12H13N3O2. The van der Waals surface area contributed by atoms with Gasteiger partial charge in [0.05, 0.1) is 11.8 Å². The summed E-state index contributed by atoms with van der Waals surface area (Å²) < 4.78 is 6.79. The standard InChI is InChI=1S/C12H13N3O2/c1-15-7-9(6-14-15)8-17-12(16)10-4-2-3-5-11(10)13/h2-7H,8,13H2,1H3. The molecule has 0 aliphatic rings. The molecule has 0 spiro atoms. The van der Waals surface area contributed by atoms with Crippen LogP contribution in [-0.2, 0) is 18.4 Å². The van der Waals surface area contributed by atoms with E-state index in [0.717, 1.165) is 5.56 Å². The van der Waals surface area contributed by atoms with Crippen molar-refractivity contribution in [1.29, 1.82) is 0 Å². The van der Waals surface area contributed by atoms with Gasteiger partial charge in [0.25, 0.3) is 0 Å². The lowest BCUT2D eigenvalue weighted by atomic mass is 10.2. The first-order chi connectivity index (χ1) is 8.16. The average Bonchev–Trinajstić information content (AvgIpc) is 2.73. The van der Waals surface area contributed by atoms with Gasteiger partial charge in [-0.3, -0.25) is 4.68 Å². The number of aromatic nitrogens is 2. The molecular weight excluding hydrogens is 218 g/mol. The minimum Gasteiger partial charge on any atom is -0.457 e. The van der Waals surface area contributed by atoms with Gasteiger partial charge in [0.1, 0.15) is 6.61 Å². The van der Waals surface area contributed by atoms with Gasteiger partial charge in [-0.05, 0) is 12.1 Å². The van der Waals surface area contributed by atoms with E-state index in [4.69, 9.17) is 10.5 Å². The fourth-order valence-electron chi connectivity index (χ4n) is 1.46. The van der Waals surface area contributed by atoms with E-state index in [1.165, 1.54) is 0 Å². The van der Waals surface area contributed by atoms with Crippen molar-refractivity contribution < 1.29 is 9.53 Å². The smallest absolute Gasteiger partial charge is 0.340 e. The van der Waals surface area contributed by atoms with Gasteiger partial charge < -0.3 is 10.5 Å². The summed E-state index contributed by atoms with van der Waals surface area (Å²) >= 11 is 0. The lowest BCUT2D eigenvalue weighted by Crippen LogP contribution is -2.07. The molecule has 0 saturated carbocycles. The van der Waals surface area contributed by atoms with Crippen molar-refractivity contribution in [2.45, 2.75) is 6.61 Å². The zero-order valence-electron chi connectivity index (χ0n) is 9.46. The van der Waals surface area contributed by atoms with Crippen molar-refractivity contribution in [2.75, 3.05) is 5.73 Å². The van der Waals surface area contributed by atoms with E-state index in [0.29, 0.717) is 11.3 Å². The third-order valence-corrected chi connectivity index (χ3v) is 2.31. The van der Waals surface area contributed by atoms with E-state index in [9.17, 15) is 4.79 Å². The number of benzene rings is 1. The zero-order chi connectivity index (χ0) is 12.3. The molecule has 0 aliphatic carbocycles. The molecule has 0 unspecified atom stereocenters. The van der Waals surface area contributed by atoms with Crippen LogP contribution >= 0.6 is 0 Å². The van der Waals surface area contributed by atoms with Gasteiger partial charge in [0.2, 0.25) is 0 Å². The first kappa shape index (κ1) is 11.2. The molecule has 0 radical (unpaired) electrons. The minimum absolute atomic E-state index is 0.195. The Morgan fingerprint density at radius 2 is 2.24 bits per heavy atom. The number of para-hydroxylation sites is 1. The number of esters is 1. The first-order valence-electron chi connectivity index (χ1n) is 5.16. The fourth-order valence-corrected chi connectivity index (χ4v) is 1.46. The van der Waals surface area contributed by atoms with Crippen molar-refractivity contribution in [3.05, 3.63) is 47.8 Å². The molecule has 2 rings (SSSR count). The topological polar surface area (TPSA) is 70.1 Å². The highest BCUT2D eigenvalue weighted by atomic mass is 16.5. The number of anilines is 1. The number of hydrogen-bond acceptors (Lipinski definition) is 4. The highest BCUT2D eigenvalue weighted by molar-refractivity contribution is 5.94. The van der Waals surface area contributed by atoms with Gasteiger partial charge in [-0.2, -0.15) is 5.10 Å². The van der Waals surface area contributed by atoms with Crippen LogP contribution in [-0.4, -0.2) is 15.7 Å². The molecule has 2 N–H and O–H groups in total. The zero-order valence-corrected chi connectivity index (χ0v) is 9.46. The number of nitrogen functional groups attached to an aromatic ring is 1. The first-order valence-corrected chi connectivity index (χ1v) is 5.16. The predicted molar refractivity (Wildman–Crippen MR) is 63.2 cm³/mol. The fraction of sp³-hybridized carbons (Fsp3) is 0.167. The summed E-state index contributed by atoms with van der Waals surface area (Å²) in [6, 6.07) is 6.83. The van der Waals surface area contributed by atoms with Crippen molar-refractivity contribution in [2.24, 2.45) is 7.05 Å². The number of aryl methyl sites for hydroxylation is 1. The number of hydrogen-bond donors (Lipinski definition) is 1. The van der Waals surface area contributed by atoms with Gasteiger partial charge in [-0.15, -0.1) is 0 Å². The summed E-state index contributed by atoms with van der Waals surface area (Å²) in [6.07, 6.45) is 3.45. The molecule has 0 saturated heterocycles. The van der Waals surface area contributed by atoms with Crippen LogP contribution in [0, 0.1) is 0 Å². The molecule has 0 aliphatic heterocycles. The van der Waals surface area contributed by atoms with E-state index in [2.05, 4.69) is 5.10 Å². The maximum Gasteiger partial charge on any atom is 0.340 e. The second-order valence-corrected chi connectivity index (χ2v) is 3.69. The van der Waals surface area contributed by atoms with Crippen LogP contribution in [0.1, 0.15) is 15.9 Å². The number of ether oxygens (including phenoxy) is 1. The second kappa shape index (κ2) is 4.69. The van der Waals surface area contributed by atoms with Crippen LogP contribution in [0.3, 0.4) is 0 Å². The molecule has 0 bridgehead atoms. The van der Waals surface area contributed by atoms with Crippen LogP contribution in [0.4, 0.5) is 5.69 Å². The Hall–Kier alpha value is -2.30. The molecule has 0 amide bonds. The van der Waals surface area contributed by atoms with E-state index in [-0.39, 0.29) is 6.61 Å². The van der Waals surface area contributed by atoms with Crippen molar-refractivity contribution >= 4 is 11.7 Å². The van der Waals surface area contributed by atoms with E-state index >= 15 is 0 Å². The van der Waals surface area contributed by atoms with Crippen LogP contribution in [0.2, 0.25) is 0 Å².